The van der Waals surface area contributed by atoms with E-state index in [1.54, 1.807) is 11.0 Å². The standard InChI is InChI=1S/C30H36N6O4/c1-30(2,3)40-29(39)36-15-13-21(14-16-36)28(38)35-23-11-9-22(10-12-23)34-26-17-25(24(19-33-26)27(31)37)32-18-20-7-5-4-6-8-20/h4-12,17,19,21H,13-16,18H2,1-3H3,(H2,31,37)(H,35,38)(H2,32,33,34). The van der Waals surface area contributed by atoms with Crippen LogP contribution in [0, 0.1) is 5.92 Å². The number of carbonyl (C=O) groups excluding carboxylic acids is 3. The smallest absolute Gasteiger partial charge is 0.410 e. The molecular weight excluding hydrogens is 508 g/mol. The third-order valence-electron chi connectivity index (χ3n) is 6.44. The van der Waals surface area contributed by atoms with Crippen molar-refractivity contribution in [2.24, 2.45) is 11.7 Å². The molecule has 0 aliphatic carbocycles. The monoisotopic (exact) mass is 544 g/mol. The van der Waals surface area contributed by atoms with E-state index in [0.717, 1.165) is 11.3 Å². The molecule has 3 amide bonds. The van der Waals surface area contributed by atoms with Crippen LogP contribution in [0.4, 0.5) is 27.7 Å². The fourth-order valence-electron chi connectivity index (χ4n) is 4.34. The van der Waals surface area contributed by atoms with Gasteiger partial charge in [-0.2, -0.15) is 0 Å². The molecule has 2 heterocycles. The zero-order valence-electron chi connectivity index (χ0n) is 23.1. The Morgan fingerprint density at radius 1 is 1.00 bits per heavy atom. The van der Waals surface area contributed by atoms with Crippen LogP contribution >= 0.6 is 0 Å². The number of likely N-dealkylation sites (tertiary alicyclic amines) is 1. The normalized spacial score (nSPS) is 13.8. The van der Waals surface area contributed by atoms with Crippen LogP contribution in [-0.4, -0.2) is 46.5 Å². The number of primary amides is 1. The van der Waals surface area contributed by atoms with Crippen molar-refractivity contribution in [1.82, 2.24) is 9.88 Å². The van der Waals surface area contributed by atoms with Gasteiger partial charge >= 0.3 is 6.09 Å². The summed E-state index contributed by atoms with van der Waals surface area (Å²) in [5, 5.41) is 9.45. The lowest BCUT2D eigenvalue weighted by Gasteiger charge is -2.32. The molecule has 1 aliphatic heterocycles. The summed E-state index contributed by atoms with van der Waals surface area (Å²) < 4.78 is 5.43. The van der Waals surface area contributed by atoms with E-state index in [1.807, 2.05) is 75.4 Å². The van der Waals surface area contributed by atoms with Crippen molar-refractivity contribution in [1.29, 1.82) is 0 Å². The van der Waals surface area contributed by atoms with Gasteiger partial charge in [0.15, 0.2) is 0 Å². The molecule has 0 bridgehead atoms. The lowest BCUT2D eigenvalue weighted by atomic mass is 9.96. The van der Waals surface area contributed by atoms with Crippen molar-refractivity contribution < 1.29 is 19.1 Å². The van der Waals surface area contributed by atoms with Crippen LogP contribution in [0.2, 0.25) is 0 Å². The number of nitrogens with zero attached hydrogens (tertiary/aromatic N) is 2. The van der Waals surface area contributed by atoms with Crippen LogP contribution < -0.4 is 21.7 Å². The third-order valence-corrected chi connectivity index (χ3v) is 6.44. The van der Waals surface area contributed by atoms with Gasteiger partial charge in [0.2, 0.25) is 5.91 Å². The van der Waals surface area contributed by atoms with E-state index in [9.17, 15) is 14.4 Å². The number of amides is 3. The van der Waals surface area contributed by atoms with Crippen molar-refractivity contribution in [3.05, 3.63) is 78.0 Å². The van der Waals surface area contributed by atoms with Crippen LogP contribution in [0.25, 0.3) is 0 Å². The van der Waals surface area contributed by atoms with Gasteiger partial charge < -0.3 is 31.3 Å². The molecule has 1 fully saturated rings. The van der Waals surface area contributed by atoms with Gasteiger partial charge in [-0.25, -0.2) is 9.78 Å². The lowest BCUT2D eigenvalue weighted by Crippen LogP contribution is -2.43. The molecule has 5 N–H and O–H groups in total. The molecule has 10 heteroatoms. The van der Waals surface area contributed by atoms with Crippen molar-refractivity contribution in [3.63, 3.8) is 0 Å². The quantitative estimate of drug-likeness (QED) is 0.309. The fourth-order valence-corrected chi connectivity index (χ4v) is 4.34. The molecule has 1 saturated heterocycles. The maximum atomic E-state index is 12.8. The highest BCUT2D eigenvalue weighted by molar-refractivity contribution is 5.98. The van der Waals surface area contributed by atoms with Crippen LogP contribution in [-0.2, 0) is 16.1 Å². The van der Waals surface area contributed by atoms with E-state index in [4.69, 9.17) is 10.5 Å². The summed E-state index contributed by atoms with van der Waals surface area (Å²) in [5.41, 5.74) is 8.38. The van der Waals surface area contributed by atoms with Crippen LogP contribution in [0.1, 0.15) is 49.5 Å². The predicted octanol–water partition coefficient (Wildman–Crippen LogP) is 5.12. The molecule has 3 aromatic rings. The molecule has 210 valence electrons. The summed E-state index contributed by atoms with van der Waals surface area (Å²) in [6.07, 6.45) is 2.27. The van der Waals surface area contributed by atoms with E-state index >= 15 is 0 Å². The Balaban J connectivity index is 1.32. The van der Waals surface area contributed by atoms with Crippen molar-refractivity contribution >= 4 is 40.8 Å². The van der Waals surface area contributed by atoms with Gasteiger partial charge in [-0.1, -0.05) is 30.3 Å². The molecule has 0 saturated carbocycles. The van der Waals surface area contributed by atoms with E-state index in [2.05, 4.69) is 20.9 Å². The van der Waals surface area contributed by atoms with Gasteiger partial charge in [0, 0.05) is 49.2 Å². The van der Waals surface area contributed by atoms with Crippen LogP contribution in [0.5, 0.6) is 0 Å². The molecule has 40 heavy (non-hydrogen) atoms. The molecule has 4 rings (SSSR count). The summed E-state index contributed by atoms with van der Waals surface area (Å²) in [4.78, 5) is 43.0. The first-order valence-corrected chi connectivity index (χ1v) is 13.3. The van der Waals surface area contributed by atoms with Crippen LogP contribution in [0.3, 0.4) is 0 Å². The SMILES string of the molecule is CC(C)(C)OC(=O)N1CCC(C(=O)Nc2ccc(Nc3cc(NCc4ccccc4)c(C(N)=O)cn3)cc2)CC1. The number of carbonyl (C=O) groups is 3. The number of anilines is 4. The molecule has 1 aromatic heterocycles. The van der Waals surface area contributed by atoms with Gasteiger partial charge in [0.05, 0.1) is 11.3 Å². The van der Waals surface area contributed by atoms with Crippen molar-refractivity contribution in [2.45, 2.75) is 45.8 Å². The molecule has 10 nitrogen and oxygen atoms in total. The van der Waals surface area contributed by atoms with Gasteiger partial charge in [0.25, 0.3) is 5.91 Å². The van der Waals surface area contributed by atoms with Crippen LogP contribution in [0.15, 0.2) is 66.9 Å². The van der Waals surface area contributed by atoms with E-state index in [-0.39, 0.29) is 17.9 Å². The number of piperidine rings is 1. The Morgan fingerprint density at radius 3 is 2.27 bits per heavy atom. The summed E-state index contributed by atoms with van der Waals surface area (Å²) in [6, 6.07) is 18.9. The number of aromatic nitrogens is 1. The first-order chi connectivity index (χ1) is 19.1. The van der Waals surface area contributed by atoms with Crippen molar-refractivity contribution in [2.75, 3.05) is 29.0 Å². The average Bonchev–Trinajstić information content (AvgIpc) is 2.92. The third kappa shape index (κ3) is 7.95. The number of nitrogens with two attached hydrogens (primary N) is 1. The second-order valence-electron chi connectivity index (χ2n) is 10.8. The Bertz CT molecular complexity index is 1330. The minimum atomic E-state index is -0.565. The molecule has 0 radical (unpaired) electrons. The van der Waals surface area contributed by atoms with E-state index in [0.29, 0.717) is 55.2 Å². The summed E-state index contributed by atoms with van der Waals surface area (Å²) in [6.45, 7) is 7.01. The predicted molar refractivity (Wildman–Crippen MR) is 155 cm³/mol. The topological polar surface area (TPSA) is 139 Å². The summed E-state index contributed by atoms with van der Waals surface area (Å²) >= 11 is 0. The van der Waals surface area contributed by atoms with E-state index in [1.165, 1.54) is 6.20 Å². The molecule has 2 aromatic carbocycles. The maximum absolute atomic E-state index is 12.8. The minimum absolute atomic E-state index is 0.0672. The first-order valence-electron chi connectivity index (χ1n) is 13.3. The number of hydrogen-bond acceptors (Lipinski definition) is 7. The largest absolute Gasteiger partial charge is 0.444 e. The van der Waals surface area contributed by atoms with Crippen molar-refractivity contribution in [3.8, 4) is 0 Å². The van der Waals surface area contributed by atoms with Gasteiger partial charge in [-0.05, 0) is 63.4 Å². The number of pyridine rings is 1. The molecule has 0 spiro atoms. The molecule has 0 atom stereocenters. The van der Waals surface area contributed by atoms with Gasteiger partial charge in [-0.3, -0.25) is 9.59 Å². The molecule has 1 aliphatic rings. The zero-order chi connectivity index (χ0) is 28.7. The fraction of sp³-hybridized carbons (Fsp3) is 0.333. The Morgan fingerprint density at radius 2 is 1.65 bits per heavy atom. The highest BCUT2D eigenvalue weighted by atomic mass is 16.6. The van der Waals surface area contributed by atoms with Gasteiger partial charge in [0.1, 0.15) is 11.4 Å². The number of rotatable bonds is 8. The number of nitrogens with one attached hydrogen (secondary N) is 3. The summed E-state index contributed by atoms with van der Waals surface area (Å²) in [7, 11) is 0. The Hall–Kier alpha value is -4.60. The minimum Gasteiger partial charge on any atom is -0.444 e. The maximum Gasteiger partial charge on any atom is 0.410 e. The highest BCUT2D eigenvalue weighted by Gasteiger charge is 2.30. The summed E-state index contributed by atoms with van der Waals surface area (Å²) in [5.74, 6) is -0.270. The number of hydrogen-bond donors (Lipinski definition) is 4. The van der Waals surface area contributed by atoms with Gasteiger partial charge in [-0.15, -0.1) is 0 Å². The number of benzene rings is 2. The zero-order valence-corrected chi connectivity index (χ0v) is 23.1. The molecular formula is C30H36N6O4. The first kappa shape index (κ1) is 28.4. The Labute approximate surface area is 234 Å². The molecule has 0 unspecified atom stereocenters. The second-order valence-corrected chi connectivity index (χ2v) is 10.8. The number of ether oxygens (including phenoxy) is 1. The van der Waals surface area contributed by atoms with E-state index < -0.39 is 11.5 Å². The highest BCUT2D eigenvalue weighted by Crippen LogP contribution is 2.25. The average molecular weight is 545 g/mol. The second kappa shape index (κ2) is 12.5. The lowest BCUT2D eigenvalue weighted by molar-refractivity contribution is -0.121. The Kier molecular flexibility index (Phi) is 8.88.